The minimum absolute atomic E-state index is 0.00900. The highest BCUT2D eigenvalue weighted by Gasteiger charge is 2.30. The van der Waals surface area contributed by atoms with Crippen molar-refractivity contribution in [1.82, 2.24) is 15.1 Å². The lowest BCUT2D eigenvalue weighted by Crippen LogP contribution is -2.43. The van der Waals surface area contributed by atoms with Gasteiger partial charge in [0.1, 0.15) is 0 Å². The van der Waals surface area contributed by atoms with Crippen LogP contribution in [0.5, 0.6) is 0 Å². The lowest BCUT2D eigenvalue weighted by Gasteiger charge is -2.26. The Bertz CT molecular complexity index is 598. The smallest absolute Gasteiger partial charge is 0.251 e. The quantitative estimate of drug-likeness (QED) is 0.811. The third kappa shape index (κ3) is 4.35. The summed E-state index contributed by atoms with van der Waals surface area (Å²) in [7, 11) is 3.62. The minimum atomic E-state index is -0.0152. The van der Waals surface area contributed by atoms with Gasteiger partial charge in [-0.15, -0.1) is 0 Å². The second-order valence-electron chi connectivity index (χ2n) is 6.78. The molecule has 0 aliphatic carbocycles. The van der Waals surface area contributed by atoms with Gasteiger partial charge in [0.15, 0.2) is 0 Å². The number of amides is 2. The van der Waals surface area contributed by atoms with E-state index >= 15 is 0 Å². The Balaban J connectivity index is 1.79. The SMILES string of the molecule is Cc1cccc(C(=O)NCCCN2CCCC2C(=O)N(C)C)c1C. The van der Waals surface area contributed by atoms with Crippen LogP contribution < -0.4 is 5.32 Å². The summed E-state index contributed by atoms with van der Waals surface area (Å²) in [6.45, 7) is 6.44. The summed E-state index contributed by atoms with van der Waals surface area (Å²) in [6.07, 6.45) is 2.86. The predicted octanol–water partition coefficient (Wildman–Crippen LogP) is 1.98. The third-order valence-electron chi connectivity index (χ3n) is 4.85. The normalized spacial score (nSPS) is 17.8. The molecule has 0 aromatic heterocycles. The Hall–Kier alpha value is -1.88. The number of hydrogen-bond acceptors (Lipinski definition) is 3. The van der Waals surface area contributed by atoms with E-state index in [1.54, 1.807) is 4.90 Å². The van der Waals surface area contributed by atoms with Crippen LogP contribution in [0, 0.1) is 13.8 Å². The number of aryl methyl sites for hydroxylation is 1. The van der Waals surface area contributed by atoms with E-state index in [2.05, 4.69) is 10.2 Å². The first-order valence-corrected chi connectivity index (χ1v) is 8.71. The molecule has 1 aromatic carbocycles. The molecule has 1 unspecified atom stereocenters. The summed E-state index contributed by atoms with van der Waals surface area (Å²) >= 11 is 0. The van der Waals surface area contributed by atoms with Crippen molar-refractivity contribution in [3.8, 4) is 0 Å². The van der Waals surface area contributed by atoms with Gasteiger partial charge in [0, 0.05) is 32.7 Å². The van der Waals surface area contributed by atoms with E-state index in [9.17, 15) is 9.59 Å². The van der Waals surface area contributed by atoms with E-state index in [4.69, 9.17) is 0 Å². The van der Waals surface area contributed by atoms with Crippen molar-refractivity contribution in [2.24, 2.45) is 0 Å². The number of carbonyl (C=O) groups is 2. The van der Waals surface area contributed by atoms with Crippen molar-refractivity contribution < 1.29 is 9.59 Å². The number of nitrogens with zero attached hydrogens (tertiary/aromatic N) is 2. The summed E-state index contributed by atoms with van der Waals surface area (Å²) < 4.78 is 0. The molecular weight excluding hydrogens is 302 g/mol. The first-order valence-electron chi connectivity index (χ1n) is 8.71. The maximum absolute atomic E-state index is 12.3. The molecule has 1 atom stereocenters. The zero-order chi connectivity index (χ0) is 17.7. The van der Waals surface area contributed by atoms with Crippen molar-refractivity contribution in [2.45, 2.75) is 39.2 Å². The second-order valence-corrected chi connectivity index (χ2v) is 6.78. The van der Waals surface area contributed by atoms with Crippen LogP contribution in [0.1, 0.15) is 40.7 Å². The number of likely N-dealkylation sites (N-methyl/N-ethyl adjacent to an activating group) is 1. The van der Waals surface area contributed by atoms with Crippen molar-refractivity contribution in [1.29, 1.82) is 0 Å². The van der Waals surface area contributed by atoms with E-state index in [1.165, 1.54) is 0 Å². The standard InChI is InChI=1S/C19H29N3O2/c1-14-8-5-9-16(15(14)2)18(23)20-11-7-13-22-12-6-10-17(22)19(24)21(3)4/h5,8-9,17H,6-7,10-13H2,1-4H3,(H,20,23). The van der Waals surface area contributed by atoms with Gasteiger partial charge in [-0.2, -0.15) is 0 Å². The zero-order valence-electron chi connectivity index (χ0n) is 15.3. The Morgan fingerprint density at radius 2 is 2.04 bits per heavy atom. The molecule has 1 aliphatic heterocycles. The zero-order valence-corrected chi connectivity index (χ0v) is 15.3. The lowest BCUT2D eigenvalue weighted by molar-refractivity contribution is -0.133. The molecule has 24 heavy (non-hydrogen) atoms. The Kier molecular flexibility index (Phi) is 6.37. The first kappa shape index (κ1) is 18.5. The lowest BCUT2D eigenvalue weighted by atomic mass is 10.0. The van der Waals surface area contributed by atoms with Gasteiger partial charge < -0.3 is 10.2 Å². The van der Waals surface area contributed by atoms with Crippen LogP contribution in [0.25, 0.3) is 0 Å². The van der Waals surface area contributed by atoms with E-state index in [-0.39, 0.29) is 17.9 Å². The van der Waals surface area contributed by atoms with Gasteiger partial charge in [0.05, 0.1) is 6.04 Å². The molecule has 132 valence electrons. The molecule has 1 fully saturated rings. The third-order valence-corrected chi connectivity index (χ3v) is 4.85. The van der Waals surface area contributed by atoms with Crippen LogP contribution in [-0.2, 0) is 4.79 Å². The van der Waals surface area contributed by atoms with E-state index in [0.717, 1.165) is 49.0 Å². The summed E-state index contributed by atoms with van der Waals surface area (Å²) in [6, 6.07) is 5.80. The van der Waals surface area contributed by atoms with Gasteiger partial charge in [-0.05, 0) is 56.8 Å². The van der Waals surface area contributed by atoms with Crippen LogP contribution in [0.4, 0.5) is 0 Å². The Morgan fingerprint density at radius 3 is 2.75 bits per heavy atom. The summed E-state index contributed by atoms with van der Waals surface area (Å²) in [4.78, 5) is 28.4. The molecule has 1 aliphatic rings. The van der Waals surface area contributed by atoms with Gasteiger partial charge in [0.25, 0.3) is 5.91 Å². The van der Waals surface area contributed by atoms with E-state index < -0.39 is 0 Å². The minimum Gasteiger partial charge on any atom is -0.352 e. The van der Waals surface area contributed by atoms with Gasteiger partial charge in [-0.25, -0.2) is 0 Å². The fraction of sp³-hybridized carbons (Fsp3) is 0.579. The van der Waals surface area contributed by atoms with Gasteiger partial charge >= 0.3 is 0 Å². The molecule has 5 nitrogen and oxygen atoms in total. The van der Waals surface area contributed by atoms with Gasteiger partial charge in [-0.1, -0.05) is 12.1 Å². The largest absolute Gasteiger partial charge is 0.352 e. The van der Waals surface area contributed by atoms with Crippen LogP contribution in [0.3, 0.4) is 0 Å². The molecule has 5 heteroatoms. The van der Waals surface area contributed by atoms with E-state index in [1.807, 2.05) is 46.1 Å². The molecular formula is C19H29N3O2. The number of benzene rings is 1. The van der Waals surface area contributed by atoms with Crippen molar-refractivity contribution >= 4 is 11.8 Å². The summed E-state index contributed by atoms with van der Waals surface area (Å²) in [5.41, 5.74) is 2.91. The number of hydrogen-bond donors (Lipinski definition) is 1. The van der Waals surface area contributed by atoms with Crippen molar-refractivity contribution in [3.05, 3.63) is 34.9 Å². The van der Waals surface area contributed by atoms with Gasteiger partial charge in [0.2, 0.25) is 5.91 Å². The Morgan fingerprint density at radius 1 is 1.29 bits per heavy atom. The fourth-order valence-electron chi connectivity index (χ4n) is 3.25. The molecule has 1 aromatic rings. The highest BCUT2D eigenvalue weighted by atomic mass is 16.2. The van der Waals surface area contributed by atoms with Crippen LogP contribution >= 0.6 is 0 Å². The van der Waals surface area contributed by atoms with E-state index in [0.29, 0.717) is 6.54 Å². The average Bonchev–Trinajstić information content (AvgIpc) is 3.01. The van der Waals surface area contributed by atoms with Crippen molar-refractivity contribution in [2.75, 3.05) is 33.7 Å². The molecule has 1 heterocycles. The second kappa shape index (κ2) is 8.29. The Labute approximate surface area is 145 Å². The topological polar surface area (TPSA) is 52.7 Å². The molecule has 1 saturated heterocycles. The highest BCUT2D eigenvalue weighted by molar-refractivity contribution is 5.95. The highest BCUT2D eigenvalue weighted by Crippen LogP contribution is 2.18. The van der Waals surface area contributed by atoms with Crippen LogP contribution in [0.15, 0.2) is 18.2 Å². The predicted molar refractivity (Wildman–Crippen MR) is 96.2 cm³/mol. The molecule has 2 amide bonds. The number of carbonyl (C=O) groups excluding carboxylic acids is 2. The average molecular weight is 331 g/mol. The fourth-order valence-corrected chi connectivity index (χ4v) is 3.25. The number of nitrogens with one attached hydrogen (secondary N) is 1. The number of likely N-dealkylation sites (tertiary alicyclic amines) is 1. The number of rotatable bonds is 6. The molecule has 1 N–H and O–H groups in total. The first-order chi connectivity index (χ1) is 11.4. The molecule has 0 radical (unpaired) electrons. The van der Waals surface area contributed by atoms with Gasteiger partial charge in [-0.3, -0.25) is 14.5 Å². The maximum Gasteiger partial charge on any atom is 0.251 e. The monoisotopic (exact) mass is 331 g/mol. The molecule has 0 spiro atoms. The molecule has 0 saturated carbocycles. The van der Waals surface area contributed by atoms with Crippen molar-refractivity contribution in [3.63, 3.8) is 0 Å². The summed E-state index contributed by atoms with van der Waals surface area (Å²) in [5.74, 6) is 0.172. The van der Waals surface area contributed by atoms with Crippen LogP contribution in [-0.4, -0.2) is 61.4 Å². The molecule has 2 rings (SSSR count). The molecule has 0 bridgehead atoms. The maximum atomic E-state index is 12.3. The summed E-state index contributed by atoms with van der Waals surface area (Å²) in [5, 5.41) is 3.00. The van der Waals surface area contributed by atoms with Crippen LogP contribution in [0.2, 0.25) is 0 Å².